The van der Waals surface area contributed by atoms with Crippen molar-refractivity contribution in [2.75, 3.05) is 6.54 Å². The van der Waals surface area contributed by atoms with Crippen LogP contribution in [-0.4, -0.2) is 24.1 Å². The number of nitrogens with two attached hydrogens (primary N) is 1. The van der Waals surface area contributed by atoms with Crippen LogP contribution in [0.5, 0.6) is 5.75 Å². The number of carbonyl (C=O) groups is 1. The molecular formula is C17H29ClN2O2. The molecule has 0 unspecified atom stereocenters. The molecule has 1 aromatic carbocycles. The van der Waals surface area contributed by atoms with E-state index >= 15 is 0 Å². The van der Waals surface area contributed by atoms with Gasteiger partial charge in [-0.15, -0.1) is 12.4 Å². The molecule has 0 aliphatic carbocycles. The normalized spacial score (nSPS) is 11.0. The number of amides is 1. The molecule has 126 valence electrons. The molecule has 0 aromatic heterocycles. The van der Waals surface area contributed by atoms with Gasteiger partial charge in [0.1, 0.15) is 5.75 Å². The molecule has 0 aliphatic heterocycles. The van der Waals surface area contributed by atoms with Gasteiger partial charge in [-0.1, -0.05) is 32.0 Å². The van der Waals surface area contributed by atoms with E-state index < -0.39 is 0 Å². The van der Waals surface area contributed by atoms with Gasteiger partial charge in [0.15, 0.2) is 0 Å². The zero-order valence-corrected chi connectivity index (χ0v) is 14.8. The van der Waals surface area contributed by atoms with Gasteiger partial charge in [0, 0.05) is 17.6 Å². The largest absolute Gasteiger partial charge is 0.491 e. The van der Waals surface area contributed by atoms with E-state index in [9.17, 15) is 4.79 Å². The summed E-state index contributed by atoms with van der Waals surface area (Å²) >= 11 is 0. The molecule has 1 rings (SSSR count). The number of carbonyl (C=O) groups excluding carboxylic acids is 1. The Morgan fingerprint density at radius 3 is 2.41 bits per heavy atom. The molecule has 0 atom stereocenters. The van der Waals surface area contributed by atoms with Gasteiger partial charge in [-0.3, -0.25) is 4.79 Å². The summed E-state index contributed by atoms with van der Waals surface area (Å²) < 4.78 is 5.73. The van der Waals surface area contributed by atoms with Crippen LogP contribution in [0.1, 0.15) is 46.1 Å². The first kappa shape index (κ1) is 20.7. The lowest BCUT2D eigenvalue weighted by atomic mass is 9.94. The summed E-state index contributed by atoms with van der Waals surface area (Å²) in [5.41, 5.74) is 6.78. The number of rotatable bonds is 8. The number of hydrogen-bond donors (Lipinski definition) is 2. The summed E-state index contributed by atoms with van der Waals surface area (Å²) in [5, 5.41) is 2.93. The van der Waals surface area contributed by atoms with Crippen LogP contribution < -0.4 is 15.8 Å². The second-order valence-corrected chi connectivity index (χ2v) is 5.80. The minimum absolute atomic E-state index is 0. The highest BCUT2D eigenvalue weighted by Gasteiger charge is 2.21. The maximum absolute atomic E-state index is 12.1. The van der Waals surface area contributed by atoms with E-state index in [0.717, 1.165) is 24.2 Å². The summed E-state index contributed by atoms with van der Waals surface area (Å²) in [4.78, 5) is 12.1. The summed E-state index contributed by atoms with van der Waals surface area (Å²) in [6, 6.07) is 7.65. The van der Waals surface area contributed by atoms with E-state index in [-0.39, 0.29) is 30.0 Å². The van der Waals surface area contributed by atoms with Crippen LogP contribution in [0.4, 0.5) is 0 Å². The molecular weight excluding hydrogens is 300 g/mol. The van der Waals surface area contributed by atoms with Crippen molar-refractivity contribution in [3.8, 4) is 5.75 Å². The molecule has 0 heterocycles. The van der Waals surface area contributed by atoms with Crippen molar-refractivity contribution in [2.45, 2.75) is 58.6 Å². The van der Waals surface area contributed by atoms with Gasteiger partial charge in [-0.25, -0.2) is 0 Å². The van der Waals surface area contributed by atoms with Crippen LogP contribution >= 0.6 is 12.4 Å². The van der Waals surface area contributed by atoms with Crippen LogP contribution in [0.15, 0.2) is 24.3 Å². The van der Waals surface area contributed by atoms with Gasteiger partial charge >= 0.3 is 0 Å². The maximum atomic E-state index is 12.1. The molecule has 22 heavy (non-hydrogen) atoms. The SMILES string of the molecule is CCC(N)(CC)CNC(=O)Cc1ccccc1OC(C)C.Cl. The van der Waals surface area contributed by atoms with Crippen molar-refractivity contribution < 1.29 is 9.53 Å². The highest BCUT2D eigenvalue weighted by Crippen LogP contribution is 2.20. The standard InChI is InChI=1S/C17H28N2O2.ClH/c1-5-17(18,6-2)12-19-16(20)11-14-9-7-8-10-15(14)21-13(3)4;/h7-10,13H,5-6,11-12,18H2,1-4H3,(H,19,20);1H. The monoisotopic (exact) mass is 328 g/mol. The first-order chi connectivity index (χ1) is 9.90. The Bertz CT molecular complexity index is 460. The average Bonchev–Trinajstić information content (AvgIpc) is 2.46. The minimum atomic E-state index is -0.316. The molecule has 3 N–H and O–H groups in total. The van der Waals surface area contributed by atoms with Gasteiger partial charge in [0.05, 0.1) is 12.5 Å². The van der Waals surface area contributed by atoms with Crippen molar-refractivity contribution >= 4 is 18.3 Å². The summed E-state index contributed by atoms with van der Waals surface area (Å²) in [6.07, 6.45) is 2.09. The number of ether oxygens (including phenoxy) is 1. The topological polar surface area (TPSA) is 64.3 Å². The van der Waals surface area contributed by atoms with Crippen LogP contribution in [0.25, 0.3) is 0 Å². The number of para-hydroxylation sites is 1. The Hall–Kier alpha value is -1.26. The predicted octanol–water partition coefficient (Wildman–Crippen LogP) is 3.07. The lowest BCUT2D eigenvalue weighted by Crippen LogP contribution is -2.49. The number of halogens is 1. The molecule has 1 aromatic rings. The zero-order chi connectivity index (χ0) is 15.9. The van der Waals surface area contributed by atoms with Gasteiger partial charge < -0.3 is 15.8 Å². The summed E-state index contributed by atoms with van der Waals surface area (Å²) in [5.74, 6) is 0.749. The van der Waals surface area contributed by atoms with E-state index in [0.29, 0.717) is 13.0 Å². The maximum Gasteiger partial charge on any atom is 0.224 e. The van der Waals surface area contributed by atoms with E-state index in [4.69, 9.17) is 10.5 Å². The Morgan fingerprint density at radius 2 is 1.86 bits per heavy atom. The Labute approximate surface area is 140 Å². The lowest BCUT2D eigenvalue weighted by molar-refractivity contribution is -0.120. The van der Waals surface area contributed by atoms with Crippen LogP contribution in [0, 0.1) is 0 Å². The molecule has 0 bridgehead atoms. The highest BCUT2D eigenvalue weighted by molar-refractivity contribution is 5.85. The second kappa shape index (κ2) is 9.70. The van der Waals surface area contributed by atoms with Crippen molar-refractivity contribution in [3.63, 3.8) is 0 Å². The molecule has 0 saturated heterocycles. The molecule has 0 aliphatic rings. The first-order valence-corrected chi connectivity index (χ1v) is 7.70. The van der Waals surface area contributed by atoms with Crippen molar-refractivity contribution in [1.29, 1.82) is 0 Å². The van der Waals surface area contributed by atoms with Gasteiger partial charge in [-0.2, -0.15) is 0 Å². The van der Waals surface area contributed by atoms with Gasteiger partial charge in [0.2, 0.25) is 5.91 Å². The average molecular weight is 329 g/mol. The fourth-order valence-corrected chi connectivity index (χ4v) is 2.03. The van der Waals surface area contributed by atoms with Crippen molar-refractivity contribution in [2.24, 2.45) is 5.73 Å². The summed E-state index contributed by atoms with van der Waals surface area (Å²) in [7, 11) is 0. The predicted molar refractivity (Wildman–Crippen MR) is 93.7 cm³/mol. The molecule has 0 radical (unpaired) electrons. The van der Waals surface area contributed by atoms with E-state index in [1.807, 2.05) is 52.0 Å². The molecule has 4 nitrogen and oxygen atoms in total. The minimum Gasteiger partial charge on any atom is -0.491 e. The molecule has 1 amide bonds. The molecule has 0 saturated carbocycles. The molecule has 5 heteroatoms. The fourth-order valence-electron chi connectivity index (χ4n) is 2.03. The first-order valence-electron chi connectivity index (χ1n) is 7.70. The van der Waals surface area contributed by atoms with Crippen LogP contribution in [-0.2, 0) is 11.2 Å². The van der Waals surface area contributed by atoms with E-state index in [2.05, 4.69) is 5.32 Å². The Kier molecular flexibility index (Phi) is 9.14. The second-order valence-electron chi connectivity index (χ2n) is 5.80. The molecule has 0 spiro atoms. The quantitative estimate of drug-likeness (QED) is 0.770. The van der Waals surface area contributed by atoms with Gasteiger partial charge in [-0.05, 0) is 32.8 Å². The van der Waals surface area contributed by atoms with E-state index in [1.165, 1.54) is 0 Å². The smallest absolute Gasteiger partial charge is 0.224 e. The Balaban J connectivity index is 0.00000441. The number of benzene rings is 1. The van der Waals surface area contributed by atoms with Crippen molar-refractivity contribution in [3.05, 3.63) is 29.8 Å². The number of nitrogens with one attached hydrogen (secondary N) is 1. The van der Waals surface area contributed by atoms with Gasteiger partial charge in [0.25, 0.3) is 0 Å². The third-order valence-electron chi connectivity index (χ3n) is 3.73. The van der Waals surface area contributed by atoms with Crippen LogP contribution in [0.3, 0.4) is 0 Å². The molecule has 0 fully saturated rings. The van der Waals surface area contributed by atoms with Crippen LogP contribution in [0.2, 0.25) is 0 Å². The van der Waals surface area contributed by atoms with E-state index in [1.54, 1.807) is 0 Å². The fraction of sp³-hybridized carbons (Fsp3) is 0.588. The third-order valence-corrected chi connectivity index (χ3v) is 3.73. The third kappa shape index (κ3) is 6.67. The zero-order valence-electron chi connectivity index (χ0n) is 14.0. The van der Waals surface area contributed by atoms with Crippen molar-refractivity contribution in [1.82, 2.24) is 5.32 Å². The lowest BCUT2D eigenvalue weighted by Gasteiger charge is -2.26. The number of hydrogen-bond acceptors (Lipinski definition) is 3. The Morgan fingerprint density at radius 1 is 1.27 bits per heavy atom. The summed E-state index contributed by atoms with van der Waals surface area (Å²) in [6.45, 7) is 8.54. The highest BCUT2D eigenvalue weighted by atomic mass is 35.5.